The first-order valence-electron chi connectivity index (χ1n) is 12.3. The predicted molar refractivity (Wildman–Crippen MR) is 142 cm³/mol. The van der Waals surface area contributed by atoms with Crippen molar-refractivity contribution in [2.75, 3.05) is 5.32 Å². The van der Waals surface area contributed by atoms with Gasteiger partial charge in [-0.1, -0.05) is 51.1 Å². The van der Waals surface area contributed by atoms with E-state index in [0.717, 1.165) is 35.1 Å². The summed E-state index contributed by atoms with van der Waals surface area (Å²) in [5, 5.41) is 9.59. The minimum atomic E-state index is -0.501. The fourth-order valence-electron chi connectivity index (χ4n) is 4.29. The number of carbonyl (C=O) groups is 1. The molecule has 2 unspecified atom stereocenters. The van der Waals surface area contributed by atoms with Crippen LogP contribution < -0.4 is 21.5 Å². The molecule has 0 radical (unpaired) electrons. The first-order chi connectivity index (χ1) is 16.8. The summed E-state index contributed by atoms with van der Waals surface area (Å²) in [7, 11) is 0. The van der Waals surface area contributed by atoms with Crippen LogP contribution in [0.3, 0.4) is 0 Å². The molecule has 0 bridgehead atoms. The first-order valence-corrected chi connectivity index (χ1v) is 13.2. The third kappa shape index (κ3) is 6.00. The molecule has 0 fully saturated rings. The lowest BCUT2D eigenvalue weighted by atomic mass is 10.1. The topological polar surface area (TPSA) is 88.1 Å². The van der Waals surface area contributed by atoms with Crippen molar-refractivity contribution >= 4 is 23.1 Å². The SMILES string of the molecule is CC(C)C.CC(NC(=O)C1CCc2cnc(NCc3ccccc3)c(=O)n21)c1cc2c(s1)CNC2. The van der Waals surface area contributed by atoms with Gasteiger partial charge >= 0.3 is 0 Å². The number of aromatic nitrogens is 2. The van der Waals surface area contributed by atoms with E-state index in [-0.39, 0.29) is 23.3 Å². The van der Waals surface area contributed by atoms with Gasteiger partial charge in [0.05, 0.1) is 6.04 Å². The van der Waals surface area contributed by atoms with Crippen LogP contribution in [0.5, 0.6) is 0 Å². The Morgan fingerprint density at radius 2 is 1.94 bits per heavy atom. The number of aryl methyl sites for hydroxylation is 1. The van der Waals surface area contributed by atoms with Crippen LogP contribution in [0.2, 0.25) is 0 Å². The molecular weight excluding hydrogens is 458 g/mol. The van der Waals surface area contributed by atoms with Crippen LogP contribution in [0.15, 0.2) is 47.4 Å². The molecule has 0 aliphatic carbocycles. The van der Waals surface area contributed by atoms with Crippen molar-refractivity contribution in [1.29, 1.82) is 0 Å². The van der Waals surface area contributed by atoms with Crippen LogP contribution in [0.4, 0.5) is 5.82 Å². The summed E-state index contributed by atoms with van der Waals surface area (Å²) in [5.74, 6) is 1.00. The van der Waals surface area contributed by atoms with E-state index < -0.39 is 6.04 Å². The molecule has 2 aliphatic heterocycles. The smallest absolute Gasteiger partial charge is 0.294 e. The minimum absolute atomic E-state index is 0.0830. The minimum Gasteiger partial charge on any atom is -0.361 e. The molecule has 3 N–H and O–H groups in total. The van der Waals surface area contributed by atoms with Gasteiger partial charge in [0.1, 0.15) is 6.04 Å². The third-order valence-corrected chi connectivity index (χ3v) is 7.33. The quantitative estimate of drug-likeness (QED) is 0.469. The zero-order chi connectivity index (χ0) is 24.9. The number of rotatable bonds is 6. The van der Waals surface area contributed by atoms with Crippen LogP contribution in [0.25, 0.3) is 0 Å². The van der Waals surface area contributed by atoms with Gasteiger partial charge in [-0.2, -0.15) is 0 Å². The highest BCUT2D eigenvalue weighted by Gasteiger charge is 2.31. The van der Waals surface area contributed by atoms with Crippen LogP contribution in [0.1, 0.15) is 72.8 Å². The summed E-state index contributed by atoms with van der Waals surface area (Å²) >= 11 is 1.74. The van der Waals surface area contributed by atoms with Crippen molar-refractivity contribution < 1.29 is 4.79 Å². The lowest BCUT2D eigenvalue weighted by Gasteiger charge is -2.19. The zero-order valence-electron chi connectivity index (χ0n) is 20.9. The van der Waals surface area contributed by atoms with Gasteiger partial charge in [-0.3, -0.25) is 14.2 Å². The van der Waals surface area contributed by atoms with Crippen molar-refractivity contribution in [3.63, 3.8) is 0 Å². The second-order valence-corrected chi connectivity index (χ2v) is 11.0. The Balaban J connectivity index is 0.000000672. The standard InChI is InChI=1S/C23H25N5O2S.C4H10/c1-14(19-9-16-11-24-13-20(16)31-19)27-22(29)18-8-7-17-12-26-21(23(30)28(17)18)25-10-15-5-3-2-4-6-15;1-4(2)3/h2-6,9,12,14,18,24H,7-8,10-11,13H2,1H3,(H,25,26)(H,27,29);4H,1-3H3. The maximum Gasteiger partial charge on any atom is 0.294 e. The maximum atomic E-state index is 13.1. The molecule has 7 nitrogen and oxygen atoms in total. The summed E-state index contributed by atoms with van der Waals surface area (Å²) in [6.45, 7) is 10.8. The predicted octanol–water partition coefficient (Wildman–Crippen LogP) is 4.55. The zero-order valence-corrected chi connectivity index (χ0v) is 21.7. The number of carbonyl (C=O) groups excluding carboxylic acids is 1. The molecule has 35 heavy (non-hydrogen) atoms. The fourth-order valence-corrected chi connectivity index (χ4v) is 5.44. The number of nitrogens with one attached hydrogen (secondary N) is 3. The average Bonchev–Trinajstić information content (AvgIpc) is 3.54. The number of thiophene rings is 1. The highest BCUT2D eigenvalue weighted by Crippen LogP contribution is 2.31. The lowest BCUT2D eigenvalue weighted by molar-refractivity contribution is -0.124. The van der Waals surface area contributed by atoms with Crippen molar-refractivity contribution in [2.24, 2.45) is 5.92 Å². The fraction of sp³-hybridized carbons (Fsp3) is 0.444. The van der Waals surface area contributed by atoms with E-state index in [1.807, 2.05) is 37.3 Å². The molecule has 4 heterocycles. The average molecular weight is 494 g/mol. The summed E-state index contributed by atoms with van der Waals surface area (Å²) in [6.07, 6.45) is 3.00. The van der Waals surface area contributed by atoms with E-state index in [4.69, 9.17) is 0 Å². The van der Waals surface area contributed by atoms with E-state index in [1.165, 1.54) is 10.4 Å². The van der Waals surface area contributed by atoms with Gasteiger partial charge < -0.3 is 16.0 Å². The van der Waals surface area contributed by atoms with E-state index in [0.29, 0.717) is 19.4 Å². The van der Waals surface area contributed by atoms with Crippen molar-refractivity contribution in [3.8, 4) is 0 Å². The van der Waals surface area contributed by atoms with Gasteiger partial charge in [0.25, 0.3) is 5.56 Å². The van der Waals surface area contributed by atoms with Crippen LogP contribution in [-0.4, -0.2) is 15.5 Å². The van der Waals surface area contributed by atoms with Crippen molar-refractivity contribution in [3.05, 3.63) is 79.5 Å². The third-order valence-electron chi connectivity index (χ3n) is 5.97. The molecule has 5 rings (SSSR count). The molecule has 0 spiro atoms. The largest absolute Gasteiger partial charge is 0.361 e. The number of anilines is 1. The molecule has 0 saturated heterocycles. The Morgan fingerprint density at radius 1 is 1.20 bits per heavy atom. The van der Waals surface area contributed by atoms with Crippen LogP contribution >= 0.6 is 11.3 Å². The molecule has 2 atom stereocenters. The number of fused-ring (bicyclic) bond motifs is 2. The summed E-state index contributed by atoms with van der Waals surface area (Å²) in [4.78, 5) is 33.0. The summed E-state index contributed by atoms with van der Waals surface area (Å²) < 4.78 is 1.61. The Hall–Kier alpha value is -2.97. The first kappa shape index (κ1) is 25.1. The maximum absolute atomic E-state index is 13.1. The van der Waals surface area contributed by atoms with Gasteiger partial charge in [0, 0.05) is 41.3 Å². The molecule has 2 aliphatic rings. The number of nitrogens with zero attached hydrogens (tertiary/aromatic N) is 2. The molecule has 186 valence electrons. The van der Waals surface area contributed by atoms with Crippen molar-refractivity contribution in [2.45, 2.75) is 72.3 Å². The van der Waals surface area contributed by atoms with Crippen molar-refractivity contribution in [1.82, 2.24) is 20.2 Å². The van der Waals surface area contributed by atoms with Crippen LogP contribution in [-0.2, 0) is 30.8 Å². The number of benzene rings is 1. The Bertz CT molecular complexity index is 1190. The molecular formula is C27H35N5O2S. The normalized spacial score (nSPS) is 16.8. The monoisotopic (exact) mass is 493 g/mol. The molecule has 1 amide bonds. The van der Waals surface area contributed by atoms with E-state index >= 15 is 0 Å². The van der Waals surface area contributed by atoms with Gasteiger partial charge in [-0.15, -0.1) is 11.3 Å². The van der Waals surface area contributed by atoms with E-state index in [2.05, 4.69) is 47.8 Å². The van der Waals surface area contributed by atoms with E-state index in [9.17, 15) is 9.59 Å². The number of hydrogen-bond donors (Lipinski definition) is 3. The molecule has 8 heteroatoms. The second-order valence-electron chi connectivity index (χ2n) is 9.83. The highest BCUT2D eigenvalue weighted by molar-refractivity contribution is 7.12. The molecule has 1 aromatic carbocycles. The summed E-state index contributed by atoms with van der Waals surface area (Å²) in [6, 6.07) is 11.4. The molecule has 2 aromatic heterocycles. The highest BCUT2D eigenvalue weighted by atomic mass is 32.1. The number of hydrogen-bond acceptors (Lipinski definition) is 6. The Morgan fingerprint density at radius 3 is 2.66 bits per heavy atom. The summed E-state index contributed by atoms with van der Waals surface area (Å²) in [5.41, 5.74) is 2.96. The molecule has 0 saturated carbocycles. The van der Waals surface area contributed by atoms with Gasteiger partial charge in [-0.05, 0) is 42.9 Å². The second kappa shape index (κ2) is 11.2. The van der Waals surface area contributed by atoms with Crippen LogP contribution in [0, 0.1) is 5.92 Å². The van der Waals surface area contributed by atoms with Gasteiger partial charge in [0.15, 0.2) is 5.82 Å². The lowest BCUT2D eigenvalue weighted by Crippen LogP contribution is -2.37. The number of amides is 1. The van der Waals surface area contributed by atoms with Gasteiger partial charge in [-0.25, -0.2) is 4.98 Å². The van der Waals surface area contributed by atoms with E-state index in [1.54, 1.807) is 22.1 Å². The molecule has 3 aromatic rings. The Kier molecular flexibility index (Phi) is 8.03. The Labute approximate surface area is 211 Å². The van der Waals surface area contributed by atoms with Gasteiger partial charge in [0.2, 0.25) is 5.91 Å².